The van der Waals surface area contributed by atoms with Crippen LogP contribution >= 0.6 is 34.8 Å². The van der Waals surface area contributed by atoms with E-state index in [1.165, 1.54) is 55.4 Å². The van der Waals surface area contributed by atoms with Gasteiger partial charge in [0.25, 0.3) is 23.3 Å². The largest absolute Gasteiger partial charge is 0.394 e. The Morgan fingerprint density at radius 1 is 0.633 bits per heavy atom. The summed E-state index contributed by atoms with van der Waals surface area (Å²) in [6.07, 6.45) is 2.27. The van der Waals surface area contributed by atoms with Crippen LogP contribution in [0.1, 0.15) is 12.0 Å². The van der Waals surface area contributed by atoms with E-state index < -0.39 is 14.8 Å². The summed E-state index contributed by atoms with van der Waals surface area (Å²) in [5.41, 5.74) is 6.90. The molecule has 310 valence electrons. The maximum absolute atomic E-state index is 10.4. The first-order valence-electron chi connectivity index (χ1n) is 16.6. The van der Waals surface area contributed by atoms with E-state index in [1.54, 1.807) is 32.3 Å². The summed E-state index contributed by atoms with van der Waals surface area (Å²) in [7, 11) is 6.81. The number of rotatable bonds is 6. The summed E-state index contributed by atoms with van der Waals surface area (Å²) in [6, 6.07) is 14.8. The highest BCUT2D eigenvalue weighted by molar-refractivity contribution is 6.33. The van der Waals surface area contributed by atoms with Gasteiger partial charge in [0.1, 0.15) is 10.3 Å². The summed E-state index contributed by atoms with van der Waals surface area (Å²) >= 11 is 16.3. The van der Waals surface area contributed by atoms with Crippen molar-refractivity contribution in [3.8, 4) is 0 Å². The van der Waals surface area contributed by atoms with E-state index in [2.05, 4.69) is 60.3 Å². The predicted molar refractivity (Wildman–Crippen MR) is 230 cm³/mol. The van der Waals surface area contributed by atoms with Crippen molar-refractivity contribution in [2.24, 2.45) is 0 Å². The molecule has 1 aliphatic rings. The van der Waals surface area contributed by atoms with Gasteiger partial charge in [-0.05, 0) is 49.2 Å². The number of fused-ring (bicyclic) bond motifs is 1. The van der Waals surface area contributed by atoms with E-state index in [1.807, 2.05) is 13.1 Å². The first kappa shape index (κ1) is 48.4. The molecule has 5 N–H and O–H groups in total. The smallest absolute Gasteiger partial charge is 0.334 e. The molecule has 60 heavy (non-hydrogen) atoms. The van der Waals surface area contributed by atoms with E-state index in [-0.39, 0.29) is 50.0 Å². The van der Waals surface area contributed by atoms with Gasteiger partial charge in [-0.15, -0.1) is 9.97 Å². The number of aryl methyl sites for hydroxylation is 1. The molecule has 6 heterocycles. The van der Waals surface area contributed by atoms with E-state index in [0.29, 0.717) is 23.1 Å². The first-order chi connectivity index (χ1) is 28.5. The number of nitrogens with zero attached hydrogens (tertiary/aromatic N) is 12. The lowest BCUT2D eigenvalue weighted by Crippen LogP contribution is -2.25. The number of hydrogen-bond acceptors (Lipinski definition) is 16. The van der Waals surface area contributed by atoms with Crippen molar-refractivity contribution in [2.45, 2.75) is 12.8 Å². The van der Waals surface area contributed by atoms with Crippen LogP contribution in [0.4, 0.5) is 63.5 Å². The van der Waals surface area contributed by atoms with Crippen molar-refractivity contribution in [1.82, 2.24) is 24.9 Å². The second-order valence-electron chi connectivity index (χ2n) is 11.1. The topological polar surface area (TPSA) is 272 Å². The van der Waals surface area contributed by atoms with E-state index in [4.69, 9.17) is 60.3 Å². The third-order valence-electron chi connectivity index (χ3n) is 7.29. The van der Waals surface area contributed by atoms with Crippen molar-refractivity contribution in [3.63, 3.8) is 0 Å². The number of nitrogens with one attached hydrogen (secondary N) is 3. The van der Waals surface area contributed by atoms with Crippen LogP contribution in [0.2, 0.25) is 15.5 Å². The molecule has 5 aromatic rings. The zero-order chi connectivity index (χ0) is 44.9. The molecule has 0 bridgehead atoms. The highest BCUT2D eigenvalue weighted by Gasteiger charge is 2.19. The first-order valence-corrected chi connectivity index (χ1v) is 17.7. The van der Waals surface area contributed by atoms with Crippen LogP contribution in [0.25, 0.3) is 14.5 Å². The maximum Gasteiger partial charge on any atom is 0.334 e. The van der Waals surface area contributed by atoms with Gasteiger partial charge in [-0.1, -0.05) is 65.6 Å². The Kier molecular flexibility index (Phi) is 19.5. The molecule has 0 aliphatic carbocycles. The molecular formula is C35H33Cl3N16O6. The van der Waals surface area contributed by atoms with Gasteiger partial charge in [0.05, 0.1) is 20.5 Å². The Morgan fingerprint density at radius 2 is 1.07 bits per heavy atom. The normalized spacial score (nSPS) is 10.4. The van der Waals surface area contributed by atoms with Crippen molar-refractivity contribution >= 4 is 98.3 Å². The molecule has 0 aromatic carbocycles. The molecule has 0 radical (unpaired) electrons. The minimum atomic E-state index is -0.619. The van der Waals surface area contributed by atoms with E-state index >= 15 is 0 Å². The predicted octanol–water partition coefficient (Wildman–Crippen LogP) is 8.83. The molecule has 0 fully saturated rings. The lowest BCUT2D eigenvalue weighted by Gasteiger charge is -2.23. The molecule has 0 saturated carbocycles. The van der Waals surface area contributed by atoms with Crippen molar-refractivity contribution in [3.05, 3.63) is 146 Å². The number of pyridine rings is 5. The standard InChI is InChI=1S/C10H11N3.C7H6N4O2.C7H8N4.C6H6ClN3O2.C5H2Cl2N2O2/c1-11-9-6-5-8-4-3-7-13(2)10(8)12-9;1-8-6-4-3-5(11(12)13)7(9-2)10-6;1-9-6-4-3-5(8)7(10-2)11-6;1-8-6-4(10(11)12)2-3-5(7)9-6;6-4-2-1-3(9(10)11)5(7)8-4/h5-6H,3-4,7H2,2H3;3-4H,2H3,(H,9,10);3-4H,8H2,2H3,(H,10,11);2-3H,1H3,(H,8,9);1-2H. The van der Waals surface area contributed by atoms with Crippen molar-refractivity contribution in [2.75, 3.05) is 61.3 Å². The van der Waals surface area contributed by atoms with Crippen LogP contribution in [0.5, 0.6) is 0 Å². The van der Waals surface area contributed by atoms with Crippen LogP contribution in [-0.2, 0) is 6.42 Å². The Hall–Kier alpha value is -7.71. The third-order valence-corrected chi connectivity index (χ3v) is 7.99. The number of aromatic nitrogens is 5. The molecule has 5 aromatic heterocycles. The summed E-state index contributed by atoms with van der Waals surface area (Å²) < 4.78 is 0. The van der Waals surface area contributed by atoms with Crippen LogP contribution < -0.4 is 26.6 Å². The van der Waals surface area contributed by atoms with E-state index in [0.717, 1.165) is 18.8 Å². The zero-order valence-corrected chi connectivity index (χ0v) is 34.2. The molecule has 0 amide bonds. The Bertz CT molecular complexity index is 2460. The Morgan fingerprint density at radius 3 is 1.57 bits per heavy atom. The number of halogens is 3. The van der Waals surface area contributed by atoms with Gasteiger partial charge in [-0.2, -0.15) is 0 Å². The summed E-state index contributed by atoms with van der Waals surface area (Å²) in [4.78, 5) is 60.1. The van der Waals surface area contributed by atoms with Crippen LogP contribution in [-0.4, -0.2) is 74.4 Å². The minimum absolute atomic E-state index is 0.0816. The maximum atomic E-state index is 10.4. The molecule has 0 unspecified atom stereocenters. The second-order valence-corrected chi connectivity index (χ2v) is 12.3. The van der Waals surface area contributed by atoms with Crippen LogP contribution in [0, 0.1) is 50.1 Å². The van der Waals surface area contributed by atoms with Gasteiger partial charge >= 0.3 is 17.1 Å². The zero-order valence-electron chi connectivity index (χ0n) is 31.9. The van der Waals surface area contributed by atoms with Gasteiger partial charge in [0.15, 0.2) is 0 Å². The molecule has 0 spiro atoms. The number of anilines is 5. The highest BCUT2D eigenvalue weighted by Crippen LogP contribution is 2.27. The van der Waals surface area contributed by atoms with Gasteiger partial charge in [-0.3, -0.25) is 30.3 Å². The molecule has 22 nitrogen and oxygen atoms in total. The molecular weight excluding hydrogens is 847 g/mol. The average Bonchev–Trinajstić information content (AvgIpc) is 3.24. The molecule has 0 atom stereocenters. The van der Waals surface area contributed by atoms with Crippen molar-refractivity contribution < 1.29 is 14.8 Å². The monoisotopic (exact) mass is 878 g/mol. The number of nitrogens with two attached hydrogens (primary N) is 1. The van der Waals surface area contributed by atoms with Gasteiger partial charge in [-0.25, -0.2) is 9.97 Å². The van der Waals surface area contributed by atoms with Gasteiger partial charge < -0.3 is 41.1 Å². The third kappa shape index (κ3) is 14.7. The lowest BCUT2D eigenvalue weighted by molar-refractivity contribution is -0.385. The molecule has 1 aliphatic heterocycles. The second kappa shape index (κ2) is 24.1. The highest BCUT2D eigenvalue weighted by atomic mass is 35.5. The number of nitrogen functional groups attached to an aromatic ring is 1. The van der Waals surface area contributed by atoms with Crippen molar-refractivity contribution in [1.29, 1.82) is 0 Å². The molecule has 0 saturated heterocycles. The fourth-order valence-electron chi connectivity index (χ4n) is 4.53. The Labute approximate surface area is 357 Å². The summed E-state index contributed by atoms with van der Waals surface area (Å²) in [6.45, 7) is 21.3. The van der Waals surface area contributed by atoms with E-state index in [9.17, 15) is 30.3 Å². The number of hydrogen-bond donors (Lipinski definition) is 4. The van der Waals surface area contributed by atoms with Crippen LogP contribution in [0.3, 0.4) is 0 Å². The van der Waals surface area contributed by atoms with Crippen LogP contribution in [0.15, 0.2) is 60.7 Å². The quantitative estimate of drug-likeness (QED) is 0.0536. The van der Waals surface area contributed by atoms with Gasteiger partial charge in [0, 0.05) is 58.5 Å². The summed E-state index contributed by atoms with van der Waals surface area (Å²) in [5, 5.41) is 39.1. The fraction of sp³-hybridized carbons (Fsp3) is 0.200. The average molecular weight is 880 g/mol. The SMILES string of the molecule is CNc1nc(Cl)ccc1[N+](=O)[O-].O=[N+]([O-])c1ccc(Cl)nc1Cl.[C-]#[N+]c1ccc(N)c(NC)n1.[C-]#[N+]c1ccc([N+](=O)[O-])c(NC)n1.[C-]#[N+]c1ccc2c(n1)N(C)CCC2. The fourth-order valence-corrected chi connectivity index (χ4v) is 5.09. The minimum Gasteiger partial charge on any atom is -0.394 e. The summed E-state index contributed by atoms with van der Waals surface area (Å²) in [5.74, 6) is 2.80. The molecule has 25 heteroatoms. The number of nitro groups is 3. The lowest BCUT2D eigenvalue weighted by atomic mass is 10.1. The molecule has 6 rings (SSSR count). The Balaban J connectivity index is 0.000000259. The van der Waals surface area contributed by atoms with Gasteiger partial charge in [0.2, 0.25) is 22.6 Å².